The van der Waals surface area contributed by atoms with Gasteiger partial charge in [-0.15, -0.1) is 0 Å². The highest BCUT2D eigenvalue weighted by atomic mass is 19.2. The fraction of sp³-hybridized carbons (Fsp3) is 0.375. The minimum atomic E-state index is -0.957. The number of esters is 1. The Morgan fingerprint density at radius 1 is 1.30 bits per heavy atom. The summed E-state index contributed by atoms with van der Waals surface area (Å²) in [5.41, 5.74) is 1.25. The van der Waals surface area contributed by atoms with Gasteiger partial charge >= 0.3 is 5.97 Å². The molecule has 0 radical (unpaired) electrons. The van der Waals surface area contributed by atoms with Crippen molar-refractivity contribution >= 4 is 22.6 Å². The molecule has 1 aliphatic heterocycles. The quantitative estimate of drug-likeness (QED) is 0.810. The number of aromatic amines is 1. The standard InChI is InChI=1S/C16H16F2N2O3/c1-2-23-16(21)11-9-19-14-8-13(18)12(17)7-10(14)15(11)20-3-5-22-6-4-20/h7-9H,2-6H2,1H3/p+1. The molecule has 1 N–H and O–H groups in total. The number of fused-ring (bicyclic) bond motifs is 1. The molecule has 0 bridgehead atoms. The Hall–Kier alpha value is -2.28. The molecule has 0 saturated carbocycles. The van der Waals surface area contributed by atoms with Crippen LogP contribution in [0.1, 0.15) is 17.3 Å². The molecule has 0 spiro atoms. The van der Waals surface area contributed by atoms with Crippen molar-refractivity contribution in [3.63, 3.8) is 0 Å². The van der Waals surface area contributed by atoms with Gasteiger partial charge in [0.1, 0.15) is 5.56 Å². The average Bonchev–Trinajstić information content (AvgIpc) is 2.56. The third kappa shape index (κ3) is 2.96. The number of pyridine rings is 1. The second-order valence-corrected chi connectivity index (χ2v) is 5.18. The number of halogens is 2. The fourth-order valence-corrected chi connectivity index (χ4v) is 2.72. The van der Waals surface area contributed by atoms with Gasteiger partial charge in [0.05, 0.1) is 30.9 Å². The van der Waals surface area contributed by atoms with Gasteiger partial charge in [-0.2, -0.15) is 0 Å². The van der Waals surface area contributed by atoms with Gasteiger partial charge in [-0.1, -0.05) is 0 Å². The molecule has 1 saturated heterocycles. The zero-order valence-corrected chi connectivity index (χ0v) is 12.7. The van der Waals surface area contributed by atoms with Crippen molar-refractivity contribution in [2.75, 3.05) is 37.8 Å². The fourth-order valence-electron chi connectivity index (χ4n) is 2.72. The number of rotatable bonds is 3. The van der Waals surface area contributed by atoms with Crippen molar-refractivity contribution in [2.24, 2.45) is 0 Å². The number of aromatic nitrogens is 1. The molecule has 122 valence electrons. The predicted octanol–water partition coefficient (Wildman–Crippen LogP) is 1.95. The van der Waals surface area contributed by atoms with E-state index in [1.165, 1.54) is 6.20 Å². The summed E-state index contributed by atoms with van der Waals surface area (Å²) in [4.78, 5) is 17.0. The van der Waals surface area contributed by atoms with Crippen molar-refractivity contribution < 1.29 is 28.0 Å². The third-order valence-corrected chi connectivity index (χ3v) is 3.77. The predicted molar refractivity (Wildman–Crippen MR) is 79.4 cm³/mol. The minimum Gasteiger partial charge on any atom is -0.462 e. The number of anilines is 1. The molecule has 0 unspecified atom stereocenters. The van der Waals surface area contributed by atoms with Crippen molar-refractivity contribution in [3.8, 4) is 0 Å². The molecular weight excluding hydrogens is 306 g/mol. The van der Waals surface area contributed by atoms with Gasteiger partial charge in [-0.25, -0.2) is 18.6 Å². The number of H-pyrrole nitrogens is 1. The average molecular weight is 323 g/mol. The van der Waals surface area contributed by atoms with Crippen molar-refractivity contribution in [3.05, 3.63) is 35.5 Å². The number of carbonyl (C=O) groups is 1. The Kier molecular flexibility index (Phi) is 4.38. The molecule has 1 aromatic carbocycles. The van der Waals surface area contributed by atoms with Crippen LogP contribution < -0.4 is 9.88 Å². The SMILES string of the molecule is CCOC(=O)c1c[nH+]c2cc(F)c(F)cc2c1N1CCOCC1. The van der Waals surface area contributed by atoms with Crippen LogP contribution in [0.15, 0.2) is 18.3 Å². The van der Waals surface area contributed by atoms with Crippen LogP contribution in [0.25, 0.3) is 10.9 Å². The molecule has 0 amide bonds. The van der Waals surface area contributed by atoms with Gasteiger partial charge in [0.25, 0.3) is 0 Å². The molecule has 1 fully saturated rings. The molecule has 2 heterocycles. The van der Waals surface area contributed by atoms with Crippen molar-refractivity contribution in [2.45, 2.75) is 6.92 Å². The topological polar surface area (TPSA) is 52.9 Å². The molecule has 1 aromatic heterocycles. The van der Waals surface area contributed by atoms with Gasteiger partial charge in [-0.05, 0) is 13.0 Å². The number of morpholine rings is 1. The van der Waals surface area contributed by atoms with Crippen LogP contribution in [-0.4, -0.2) is 38.9 Å². The first-order valence-corrected chi connectivity index (χ1v) is 7.45. The van der Waals surface area contributed by atoms with E-state index in [0.717, 1.165) is 12.1 Å². The molecule has 0 atom stereocenters. The highest BCUT2D eigenvalue weighted by Crippen LogP contribution is 2.31. The first-order chi connectivity index (χ1) is 11.1. The smallest absolute Gasteiger partial charge is 0.346 e. The van der Waals surface area contributed by atoms with E-state index in [-0.39, 0.29) is 6.61 Å². The summed E-state index contributed by atoms with van der Waals surface area (Å²) in [5.74, 6) is -2.40. The van der Waals surface area contributed by atoms with Crippen molar-refractivity contribution in [1.29, 1.82) is 0 Å². The maximum Gasteiger partial charge on any atom is 0.346 e. The maximum atomic E-state index is 13.7. The molecule has 2 aromatic rings. The largest absolute Gasteiger partial charge is 0.462 e. The van der Waals surface area contributed by atoms with Crippen LogP contribution >= 0.6 is 0 Å². The lowest BCUT2D eigenvalue weighted by Gasteiger charge is -2.30. The van der Waals surface area contributed by atoms with Gasteiger partial charge in [0, 0.05) is 19.2 Å². The Morgan fingerprint density at radius 2 is 2.00 bits per heavy atom. The molecule has 7 heteroatoms. The van der Waals surface area contributed by atoms with Gasteiger partial charge in [-0.3, -0.25) is 0 Å². The van der Waals surface area contributed by atoms with Crippen LogP contribution in [0, 0.1) is 11.6 Å². The van der Waals surface area contributed by atoms with E-state index < -0.39 is 17.6 Å². The summed E-state index contributed by atoms with van der Waals surface area (Å²) in [6, 6.07) is 2.19. The van der Waals surface area contributed by atoms with Gasteiger partial charge in [0.2, 0.25) is 5.52 Å². The van der Waals surface area contributed by atoms with Crippen LogP contribution in [-0.2, 0) is 9.47 Å². The lowest BCUT2D eigenvalue weighted by atomic mass is 10.1. The van der Waals surface area contributed by atoms with E-state index in [0.29, 0.717) is 48.5 Å². The van der Waals surface area contributed by atoms with E-state index in [1.807, 2.05) is 4.90 Å². The number of hydrogen-bond acceptors (Lipinski definition) is 4. The second-order valence-electron chi connectivity index (χ2n) is 5.18. The number of hydrogen-bond donors (Lipinski definition) is 0. The molecule has 5 nitrogen and oxygen atoms in total. The first-order valence-electron chi connectivity index (χ1n) is 7.45. The van der Waals surface area contributed by atoms with E-state index in [2.05, 4.69) is 4.98 Å². The van der Waals surface area contributed by atoms with Gasteiger partial charge in [0.15, 0.2) is 17.8 Å². The van der Waals surface area contributed by atoms with Crippen LogP contribution in [0.2, 0.25) is 0 Å². The molecule has 1 aliphatic rings. The lowest BCUT2D eigenvalue weighted by molar-refractivity contribution is -0.345. The minimum absolute atomic E-state index is 0.233. The Bertz CT molecular complexity index is 746. The van der Waals surface area contributed by atoms with E-state index >= 15 is 0 Å². The molecule has 23 heavy (non-hydrogen) atoms. The second kappa shape index (κ2) is 6.45. The highest BCUT2D eigenvalue weighted by molar-refractivity contribution is 6.04. The van der Waals surface area contributed by atoms with Gasteiger partial charge < -0.3 is 14.4 Å². The summed E-state index contributed by atoms with van der Waals surface area (Å²) >= 11 is 0. The monoisotopic (exact) mass is 323 g/mol. The number of ether oxygens (including phenoxy) is 2. The zero-order chi connectivity index (χ0) is 16.4. The number of carbonyl (C=O) groups excluding carboxylic acids is 1. The number of nitrogens with one attached hydrogen (secondary N) is 1. The summed E-state index contributed by atoms with van der Waals surface area (Å²) in [7, 11) is 0. The van der Waals surface area contributed by atoms with Crippen LogP contribution in [0.3, 0.4) is 0 Å². The molecule has 3 rings (SSSR count). The Labute approximate surface area is 131 Å². The number of benzene rings is 1. The lowest BCUT2D eigenvalue weighted by Crippen LogP contribution is -2.38. The van der Waals surface area contributed by atoms with Crippen molar-refractivity contribution in [1.82, 2.24) is 0 Å². The molecular formula is C16H17F2N2O3+. The van der Waals surface area contributed by atoms with Crippen LogP contribution in [0.5, 0.6) is 0 Å². The summed E-state index contributed by atoms with van der Waals surface area (Å²) in [6.07, 6.45) is 1.47. The highest BCUT2D eigenvalue weighted by Gasteiger charge is 2.26. The van der Waals surface area contributed by atoms with E-state index in [4.69, 9.17) is 9.47 Å². The normalized spacial score (nSPS) is 15.0. The molecule has 0 aliphatic carbocycles. The maximum absolute atomic E-state index is 13.7. The van der Waals surface area contributed by atoms with Crippen LogP contribution in [0.4, 0.5) is 14.5 Å². The Balaban J connectivity index is 2.21. The summed E-state index contributed by atoms with van der Waals surface area (Å²) in [6.45, 7) is 4.08. The Morgan fingerprint density at radius 3 is 2.70 bits per heavy atom. The number of nitrogens with zero attached hydrogens (tertiary/aromatic N) is 1. The summed E-state index contributed by atoms with van der Waals surface area (Å²) < 4.78 is 37.6. The first kappa shape index (κ1) is 15.6. The zero-order valence-electron chi connectivity index (χ0n) is 12.7. The summed E-state index contributed by atoms with van der Waals surface area (Å²) in [5, 5.41) is 0.441. The van der Waals surface area contributed by atoms with E-state index in [1.54, 1.807) is 6.92 Å². The third-order valence-electron chi connectivity index (χ3n) is 3.77. The van der Waals surface area contributed by atoms with E-state index in [9.17, 15) is 13.6 Å².